The van der Waals surface area contributed by atoms with Crippen molar-refractivity contribution in [3.8, 4) is 0 Å². The Bertz CT molecular complexity index is 1610. The molecule has 1 aliphatic heterocycles. The standard InChI is InChI=1S/C27H20F5N5O3/c28-20-5-3-16(34-26(39)35-17-2-4-19(21(29)13-17)27(30,31)32)12-18(20)25(38)15-1-6-22-23(11-15)36-24(14-33-22)37-7-9-40-10-8-37/h1-6,11-14H,7-10H2,(H2,34,35,39). The molecule has 2 amide bonds. The molecule has 40 heavy (non-hydrogen) atoms. The molecule has 0 radical (unpaired) electrons. The normalized spacial score (nSPS) is 13.8. The van der Waals surface area contributed by atoms with Gasteiger partial charge in [-0.15, -0.1) is 0 Å². The molecule has 206 valence electrons. The second-order valence-electron chi connectivity index (χ2n) is 8.83. The zero-order valence-corrected chi connectivity index (χ0v) is 20.6. The molecule has 5 rings (SSSR count). The van der Waals surface area contributed by atoms with Gasteiger partial charge in [0.1, 0.15) is 17.5 Å². The summed E-state index contributed by atoms with van der Waals surface area (Å²) in [6, 6.07) is 8.84. The number of hydrogen-bond acceptors (Lipinski definition) is 6. The van der Waals surface area contributed by atoms with Crippen LogP contribution in [-0.2, 0) is 10.9 Å². The third-order valence-electron chi connectivity index (χ3n) is 6.13. The van der Waals surface area contributed by atoms with Gasteiger partial charge >= 0.3 is 12.2 Å². The van der Waals surface area contributed by atoms with Gasteiger partial charge in [-0.2, -0.15) is 13.2 Å². The highest BCUT2D eigenvalue weighted by Crippen LogP contribution is 2.32. The monoisotopic (exact) mass is 557 g/mol. The van der Waals surface area contributed by atoms with E-state index in [4.69, 9.17) is 4.74 Å². The first-order valence-corrected chi connectivity index (χ1v) is 12.0. The number of alkyl halides is 3. The smallest absolute Gasteiger partial charge is 0.378 e. The van der Waals surface area contributed by atoms with Crippen molar-refractivity contribution in [2.45, 2.75) is 6.18 Å². The summed E-state index contributed by atoms with van der Waals surface area (Å²) in [5.41, 5.74) is -0.915. The van der Waals surface area contributed by atoms with Crippen LogP contribution in [0.2, 0.25) is 0 Å². The molecule has 0 aliphatic carbocycles. The van der Waals surface area contributed by atoms with Crippen LogP contribution in [0.4, 0.5) is 43.9 Å². The summed E-state index contributed by atoms with van der Waals surface area (Å²) < 4.78 is 72.1. The SMILES string of the molecule is O=C(Nc1ccc(C(F)(F)F)c(F)c1)Nc1ccc(F)c(C(=O)c2ccc3ncc(N4CCOCC4)nc3c2)c1. The Morgan fingerprint density at radius 1 is 0.850 bits per heavy atom. The lowest BCUT2D eigenvalue weighted by atomic mass is 10.0. The first-order chi connectivity index (χ1) is 19.1. The molecule has 1 fully saturated rings. The number of urea groups is 1. The van der Waals surface area contributed by atoms with Gasteiger partial charge in [-0.25, -0.2) is 18.6 Å². The number of nitrogens with one attached hydrogen (secondary N) is 2. The Kier molecular flexibility index (Phi) is 7.30. The first kappa shape index (κ1) is 26.9. The van der Waals surface area contributed by atoms with Crippen LogP contribution < -0.4 is 15.5 Å². The number of ketones is 1. The number of fused-ring (bicyclic) bond motifs is 1. The van der Waals surface area contributed by atoms with E-state index >= 15 is 0 Å². The maximum atomic E-state index is 14.7. The van der Waals surface area contributed by atoms with Gasteiger partial charge in [0, 0.05) is 30.0 Å². The second kappa shape index (κ2) is 10.8. The van der Waals surface area contributed by atoms with Crippen molar-refractivity contribution in [3.05, 3.63) is 89.1 Å². The minimum Gasteiger partial charge on any atom is -0.378 e. The summed E-state index contributed by atoms with van der Waals surface area (Å²) in [6.45, 7) is 2.40. The van der Waals surface area contributed by atoms with Gasteiger partial charge in [0.2, 0.25) is 0 Å². The topological polar surface area (TPSA) is 96.5 Å². The van der Waals surface area contributed by atoms with E-state index in [1.165, 1.54) is 18.2 Å². The molecule has 0 unspecified atom stereocenters. The molecule has 3 aromatic carbocycles. The fraction of sp³-hybridized carbons (Fsp3) is 0.185. The van der Waals surface area contributed by atoms with Gasteiger partial charge in [0.15, 0.2) is 5.78 Å². The number of carbonyl (C=O) groups excluding carboxylic acids is 2. The molecule has 0 atom stereocenters. The lowest BCUT2D eigenvalue weighted by Crippen LogP contribution is -2.36. The number of ether oxygens (including phenoxy) is 1. The van der Waals surface area contributed by atoms with Crippen LogP contribution in [0, 0.1) is 11.6 Å². The number of carbonyl (C=O) groups is 2. The van der Waals surface area contributed by atoms with E-state index in [9.17, 15) is 31.5 Å². The summed E-state index contributed by atoms with van der Waals surface area (Å²) in [7, 11) is 0. The lowest BCUT2D eigenvalue weighted by molar-refractivity contribution is -0.139. The van der Waals surface area contributed by atoms with Crippen molar-refractivity contribution in [2.24, 2.45) is 0 Å². The Hall–Kier alpha value is -4.65. The Labute approximate surface area is 223 Å². The molecule has 13 heteroatoms. The largest absolute Gasteiger partial charge is 0.419 e. The van der Waals surface area contributed by atoms with Crippen LogP contribution in [0.3, 0.4) is 0 Å². The lowest BCUT2D eigenvalue weighted by Gasteiger charge is -2.27. The van der Waals surface area contributed by atoms with E-state index in [1.807, 2.05) is 4.90 Å². The minimum absolute atomic E-state index is 0.0184. The second-order valence-corrected chi connectivity index (χ2v) is 8.83. The van der Waals surface area contributed by atoms with Crippen molar-refractivity contribution in [3.63, 3.8) is 0 Å². The number of benzene rings is 3. The quantitative estimate of drug-likeness (QED) is 0.244. The van der Waals surface area contributed by atoms with Crippen LogP contribution >= 0.6 is 0 Å². The minimum atomic E-state index is -4.88. The molecule has 0 spiro atoms. The summed E-state index contributed by atoms with van der Waals surface area (Å²) in [5.74, 6) is -2.45. The van der Waals surface area contributed by atoms with Crippen molar-refractivity contribution < 1.29 is 36.3 Å². The van der Waals surface area contributed by atoms with Gasteiger partial charge in [0.05, 0.1) is 41.6 Å². The number of anilines is 3. The van der Waals surface area contributed by atoms with E-state index in [0.717, 1.165) is 18.2 Å². The number of morpholine rings is 1. The number of halogens is 5. The highest BCUT2D eigenvalue weighted by atomic mass is 19.4. The number of nitrogens with zero attached hydrogens (tertiary/aromatic N) is 3. The molecule has 2 heterocycles. The van der Waals surface area contributed by atoms with Crippen molar-refractivity contribution in [1.29, 1.82) is 0 Å². The Balaban J connectivity index is 1.33. The fourth-order valence-corrected chi connectivity index (χ4v) is 4.14. The molecule has 1 aromatic heterocycles. The molecule has 8 nitrogen and oxygen atoms in total. The predicted molar refractivity (Wildman–Crippen MR) is 136 cm³/mol. The van der Waals surface area contributed by atoms with Crippen molar-refractivity contribution >= 4 is 40.0 Å². The number of rotatable bonds is 5. The number of amides is 2. The average molecular weight is 557 g/mol. The van der Waals surface area contributed by atoms with Gasteiger partial charge in [-0.1, -0.05) is 0 Å². The molecule has 0 bridgehead atoms. The fourth-order valence-electron chi connectivity index (χ4n) is 4.14. The van der Waals surface area contributed by atoms with Gasteiger partial charge in [0.25, 0.3) is 0 Å². The molecular formula is C27H20F5N5O3. The van der Waals surface area contributed by atoms with E-state index in [2.05, 4.69) is 20.6 Å². The molecule has 4 aromatic rings. The summed E-state index contributed by atoms with van der Waals surface area (Å²) in [5, 5.41) is 4.54. The number of aromatic nitrogens is 2. The van der Waals surface area contributed by atoms with E-state index in [0.29, 0.717) is 55.3 Å². The maximum absolute atomic E-state index is 14.7. The Morgan fingerprint density at radius 2 is 1.55 bits per heavy atom. The highest BCUT2D eigenvalue weighted by molar-refractivity contribution is 6.11. The third kappa shape index (κ3) is 5.83. The van der Waals surface area contributed by atoms with E-state index < -0.39 is 35.2 Å². The van der Waals surface area contributed by atoms with Crippen LogP contribution in [0.5, 0.6) is 0 Å². The zero-order valence-electron chi connectivity index (χ0n) is 20.6. The van der Waals surface area contributed by atoms with Crippen LogP contribution in [0.15, 0.2) is 60.8 Å². The van der Waals surface area contributed by atoms with Crippen molar-refractivity contribution in [2.75, 3.05) is 41.8 Å². The van der Waals surface area contributed by atoms with E-state index in [-0.39, 0.29) is 22.5 Å². The molecule has 1 aliphatic rings. The maximum Gasteiger partial charge on any atom is 0.419 e. The average Bonchev–Trinajstić information content (AvgIpc) is 2.93. The van der Waals surface area contributed by atoms with Crippen LogP contribution in [-0.4, -0.2) is 48.1 Å². The molecule has 1 saturated heterocycles. The molecular weight excluding hydrogens is 537 g/mol. The highest BCUT2D eigenvalue weighted by Gasteiger charge is 2.34. The van der Waals surface area contributed by atoms with Crippen LogP contribution in [0.1, 0.15) is 21.5 Å². The molecule has 0 saturated carbocycles. The van der Waals surface area contributed by atoms with Gasteiger partial charge < -0.3 is 20.3 Å². The van der Waals surface area contributed by atoms with Gasteiger partial charge in [-0.3, -0.25) is 9.78 Å². The summed E-state index contributed by atoms with van der Waals surface area (Å²) >= 11 is 0. The van der Waals surface area contributed by atoms with Crippen molar-refractivity contribution in [1.82, 2.24) is 9.97 Å². The van der Waals surface area contributed by atoms with Crippen LogP contribution in [0.25, 0.3) is 11.0 Å². The third-order valence-corrected chi connectivity index (χ3v) is 6.13. The number of hydrogen-bond donors (Lipinski definition) is 2. The molecule has 2 N–H and O–H groups in total. The van der Waals surface area contributed by atoms with Gasteiger partial charge in [-0.05, 0) is 54.6 Å². The first-order valence-electron chi connectivity index (χ1n) is 12.0. The van der Waals surface area contributed by atoms with E-state index in [1.54, 1.807) is 12.3 Å². The predicted octanol–water partition coefficient (Wildman–Crippen LogP) is 5.64. The Morgan fingerprint density at radius 3 is 2.25 bits per heavy atom. The summed E-state index contributed by atoms with van der Waals surface area (Å²) in [6.07, 6.45) is -3.25. The summed E-state index contributed by atoms with van der Waals surface area (Å²) in [4.78, 5) is 36.5. The zero-order chi connectivity index (χ0) is 28.4.